The van der Waals surface area contributed by atoms with E-state index in [0.717, 1.165) is 0 Å². The maximum Gasteiger partial charge on any atom is -0.00937 e. The predicted molar refractivity (Wildman–Crippen MR) is 48.7 cm³/mol. The fourth-order valence-corrected chi connectivity index (χ4v) is 0.937. The first-order valence-electron chi connectivity index (χ1n) is 2.80. The van der Waals surface area contributed by atoms with Crippen LogP contribution < -0.4 is 0 Å². The summed E-state index contributed by atoms with van der Waals surface area (Å²) < 4.78 is 0. The SMILES string of the molecule is C.c1ccccsccc1. The van der Waals surface area contributed by atoms with Gasteiger partial charge in [-0.3, -0.25) is 0 Å². The molecule has 0 spiro atoms. The molecule has 0 unspecified atom stereocenters. The van der Waals surface area contributed by atoms with E-state index in [1.54, 1.807) is 11.3 Å². The molecular formula is C9H12S. The van der Waals surface area contributed by atoms with Crippen LogP contribution >= 0.6 is 11.3 Å². The average molecular weight is 152 g/mol. The molecule has 0 nitrogen and oxygen atoms in total. The summed E-state index contributed by atoms with van der Waals surface area (Å²) in [5, 5.41) is 4.08. The van der Waals surface area contributed by atoms with Crippen molar-refractivity contribution in [3.63, 3.8) is 0 Å². The van der Waals surface area contributed by atoms with Crippen LogP contribution in [0, 0.1) is 0 Å². The van der Waals surface area contributed by atoms with Gasteiger partial charge in [0.05, 0.1) is 0 Å². The fraction of sp³-hybridized carbons (Fsp3) is 0.111. The van der Waals surface area contributed by atoms with Gasteiger partial charge in [-0.05, 0) is 10.8 Å². The third kappa shape index (κ3) is 4.10. The van der Waals surface area contributed by atoms with Gasteiger partial charge >= 0.3 is 0 Å². The first kappa shape index (κ1) is 9.18. The van der Waals surface area contributed by atoms with Gasteiger partial charge in [0.25, 0.3) is 0 Å². The Morgan fingerprint density at radius 3 is 1.50 bits per heavy atom. The first-order chi connectivity index (χ1) is 4.50. The van der Waals surface area contributed by atoms with Crippen molar-refractivity contribution in [2.75, 3.05) is 0 Å². The van der Waals surface area contributed by atoms with Crippen molar-refractivity contribution in [3.8, 4) is 0 Å². The monoisotopic (exact) mass is 152 g/mol. The molecule has 54 valence electrons. The molecule has 0 aliphatic heterocycles. The number of rotatable bonds is 0. The molecule has 1 aromatic rings. The summed E-state index contributed by atoms with van der Waals surface area (Å²) in [5.74, 6) is 0. The summed E-state index contributed by atoms with van der Waals surface area (Å²) in [6, 6.07) is 12.1. The molecule has 0 amide bonds. The Bertz CT molecular complexity index is 126. The molecule has 10 heavy (non-hydrogen) atoms. The van der Waals surface area contributed by atoms with E-state index in [0.29, 0.717) is 0 Å². The largest absolute Gasteiger partial charge is 0.152 e. The highest BCUT2D eigenvalue weighted by Crippen LogP contribution is 1.88. The summed E-state index contributed by atoms with van der Waals surface area (Å²) in [7, 11) is 0. The van der Waals surface area contributed by atoms with Crippen molar-refractivity contribution >= 4 is 11.3 Å². The van der Waals surface area contributed by atoms with Gasteiger partial charge in [-0.15, -0.1) is 0 Å². The Kier molecular flexibility index (Phi) is 5.79. The quantitative estimate of drug-likeness (QED) is 0.533. The second-order valence-electron chi connectivity index (χ2n) is 1.56. The topological polar surface area (TPSA) is 0 Å². The zero-order valence-corrected chi connectivity index (χ0v) is 5.84. The highest BCUT2D eigenvalue weighted by atomic mass is 32.1. The Hall–Kier alpha value is -0.820. The molecule has 0 atom stereocenters. The van der Waals surface area contributed by atoms with Crippen molar-refractivity contribution in [2.45, 2.75) is 7.43 Å². The zero-order chi connectivity index (χ0) is 6.36. The van der Waals surface area contributed by atoms with Crippen LogP contribution in [0.25, 0.3) is 0 Å². The van der Waals surface area contributed by atoms with Crippen molar-refractivity contribution < 1.29 is 0 Å². The zero-order valence-electron chi connectivity index (χ0n) is 5.03. The Balaban J connectivity index is 0.000000810. The van der Waals surface area contributed by atoms with Crippen molar-refractivity contribution in [2.24, 2.45) is 0 Å². The molecule has 0 N–H and O–H groups in total. The minimum atomic E-state index is 0. The lowest BCUT2D eigenvalue weighted by Crippen LogP contribution is -1.38. The van der Waals surface area contributed by atoms with E-state index < -0.39 is 0 Å². The van der Waals surface area contributed by atoms with E-state index in [-0.39, 0.29) is 7.43 Å². The van der Waals surface area contributed by atoms with E-state index in [2.05, 4.69) is 0 Å². The smallest absolute Gasteiger partial charge is 0.00937 e. The molecule has 0 saturated carbocycles. The van der Waals surface area contributed by atoms with Gasteiger partial charge < -0.3 is 0 Å². The molecule has 1 heterocycles. The molecule has 0 aromatic carbocycles. The maximum absolute atomic E-state index is 2.04. The normalized spacial score (nSPS) is 7.20. The van der Waals surface area contributed by atoms with Crippen LogP contribution in [0.15, 0.2) is 47.2 Å². The second kappa shape index (κ2) is 6.30. The summed E-state index contributed by atoms with van der Waals surface area (Å²) in [6.45, 7) is 0. The fourth-order valence-electron chi connectivity index (χ4n) is 0.483. The van der Waals surface area contributed by atoms with Gasteiger partial charge in [0.2, 0.25) is 0 Å². The van der Waals surface area contributed by atoms with Crippen LogP contribution in [0.1, 0.15) is 7.43 Å². The molecule has 0 fully saturated rings. The Labute approximate surface area is 66.5 Å². The van der Waals surface area contributed by atoms with E-state index in [1.807, 2.05) is 47.2 Å². The Morgan fingerprint density at radius 2 is 1.00 bits per heavy atom. The van der Waals surface area contributed by atoms with Gasteiger partial charge in [-0.25, -0.2) is 0 Å². The summed E-state index contributed by atoms with van der Waals surface area (Å²) >= 11 is 1.68. The van der Waals surface area contributed by atoms with Crippen molar-refractivity contribution in [1.82, 2.24) is 0 Å². The first-order valence-corrected chi connectivity index (χ1v) is 3.75. The van der Waals surface area contributed by atoms with Gasteiger partial charge in [0, 0.05) is 0 Å². The van der Waals surface area contributed by atoms with Crippen LogP contribution in [0.4, 0.5) is 0 Å². The molecule has 0 saturated heterocycles. The number of hydrogen-bond donors (Lipinski definition) is 0. The lowest BCUT2D eigenvalue weighted by atomic mass is 10.5. The van der Waals surface area contributed by atoms with Crippen molar-refractivity contribution in [1.29, 1.82) is 0 Å². The highest BCUT2D eigenvalue weighted by Gasteiger charge is 1.58. The van der Waals surface area contributed by atoms with Gasteiger partial charge in [0.1, 0.15) is 0 Å². The molecule has 1 heteroatoms. The molecule has 0 aliphatic carbocycles. The van der Waals surface area contributed by atoms with Crippen LogP contribution in [0.3, 0.4) is 0 Å². The molecule has 0 radical (unpaired) electrons. The van der Waals surface area contributed by atoms with Crippen molar-refractivity contribution in [3.05, 3.63) is 47.2 Å². The predicted octanol–water partition coefficient (Wildman–Crippen LogP) is 3.51. The van der Waals surface area contributed by atoms with E-state index >= 15 is 0 Å². The summed E-state index contributed by atoms with van der Waals surface area (Å²) in [4.78, 5) is 0. The van der Waals surface area contributed by atoms with Gasteiger partial charge in [0.15, 0.2) is 0 Å². The highest BCUT2D eigenvalue weighted by molar-refractivity contribution is 7.07. The average Bonchev–Trinajstić information content (AvgIpc) is 2.00. The molecule has 1 rings (SSSR count). The van der Waals surface area contributed by atoms with Crippen LogP contribution in [0.2, 0.25) is 0 Å². The van der Waals surface area contributed by atoms with Gasteiger partial charge in [-0.2, -0.15) is 11.3 Å². The van der Waals surface area contributed by atoms with Gasteiger partial charge in [-0.1, -0.05) is 43.8 Å². The standard InChI is InChI=1S/C8H8S.CH4/c1-2-4-6-8-9-7-5-3-1;/h1-8H;1H4. The summed E-state index contributed by atoms with van der Waals surface area (Å²) in [6.07, 6.45) is 0. The lowest BCUT2D eigenvalue weighted by molar-refractivity contribution is 1.82. The van der Waals surface area contributed by atoms with E-state index in [9.17, 15) is 0 Å². The minimum absolute atomic E-state index is 0. The Morgan fingerprint density at radius 1 is 0.600 bits per heavy atom. The number of hydrogen-bond acceptors (Lipinski definition) is 1. The third-order valence-corrected chi connectivity index (χ3v) is 1.50. The summed E-state index contributed by atoms with van der Waals surface area (Å²) in [5.41, 5.74) is 0. The molecule has 0 aliphatic rings. The lowest BCUT2D eigenvalue weighted by Gasteiger charge is -1.59. The molecule has 0 bridgehead atoms. The molecule has 1 aromatic heterocycles. The van der Waals surface area contributed by atoms with Crippen LogP contribution in [-0.2, 0) is 0 Å². The maximum atomic E-state index is 2.04. The van der Waals surface area contributed by atoms with Crippen LogP contribution in [-0.4, -0.2) is 0 Å². The van der Waals surface area contributed by atoms with E-state index in [1.165, 1.54) is 0 Å². The molecular weight excluding hydrogens is 140 g/mol. The van der Waals surface area contributed by atoms with E-state index in [4.69, 9.17) is 0 Å². The third-order valence-electron chi connectivity index (χ3n) is 0.870. The minimum Gasteiger partial charge on any atom is -0.152 e. The van der Waals surface area contributed by atoms with Crippen LogP contribution in [0.5, 0.6) is 0 Å². The second-order valence-corrected chi connectivity index (χ2v) is 2.38.